The maximum absolute atomic E-state index is 11.4. The highest BCUT2D eigenvalue weighted by atomic mass is 16.6. The van der Waals surface area contributed by atoms with Crippen LogP contribution in [0.15, 0.2) is 12.7 Å². The number of nitrogens with one attached hydrogen (secondary N) is 1. The molecule has 0 saturated carbocycles. The Kier molecular flexibility index (Phi) is 7.35. The summed E-state index contributed by atoms with van der Waals surface area (Å²) in [5.41, 5.74) is -0.515. The number of carbonyl (C=O) groups excluding carboxylic acids is 2. The fourth-order valence-electron chi connectivity index (χ4n) is 1.28. The summed E-state index contributed by atoms with van der Waals surface area (Å²) in [5, 5.41) is 2.62. The molecule has 106 valence electrons. The molecule has 0 saturated heterocycles. The highest BCUT2D eigenvalue weighted by Gasteiger charge is 2.15. The summed E-state index contributed by atoms with van der Waals surface area (Å²) in [6.45, 7) is 9.91. The number of hydrogen-bond donors (Lipinski definition) is 1. The molecule has 19 heavy (non-hydrogen) atoms. The molecule has 0 fully saturated rings. The third-order valence-electron chi connectivity index (χ3n) is 2.04. The van der Waals surface area contributed by atoms with Crippen molar-refractivity contribution in [2.24, 2.45) is 0 Å². The zero-order valence-corrected chi connectivity index (χ0v) is 11.9. The van der Waals surface area contributed by atoms with Gasteiger partial charge in [-0.3, -0.25) is 4.79 Å². The van der Waals surface area contributed by atoms with E-state index in [2.05, 4.69) is 17.8 Å². The van der Waals surface area contributed by atoms with Crippen LogP contribution in [0.3, 0.4) is 0 Å². The Bertz CT molecular complexity index is 364. The van der Waals surface area contributed by atoms with Gasteiger partial charge in [-0.25, -0.2) is 4.79 Å². The van der Waals surface area contributed by atoms with Crippen LogP contribution < -0.4 is 5.32 Å². The van der Waals surface area contributed by atoms with Gasteiger partial charge < -0.3 is 15.0 Å². The highest BCUT2D eigenvalue weighted by Crippen LogP contribution is 2.06. The molecule has 5 heteroatoms. The van der Waals surface area contributed by atoms with Crippen LogP contribution in [0.1, 0.15) is 27.2 Å². The summed E-state index contributed by atoms with van der Waals surface area (Å²) >= 11 is 0. The van der Waals surface area contributed by atoms with Crippen molar-refractivity contribution in [3.05, 3.63) is 12.7 Å². The summed E-state index contributed by atoms with van der Waals surface area (Å²) in [5.74, 6) is 2.20. The van der Waals surface area contributed by atoms with Crippen LogP contribution in [0.25, 0.3) is 0 Å². The summed E-state index contributed by atoms with van der Waals surface area (Å²) in [7, 11) is 0. The number of nitrogens with zero attached hydrogens (tertiary/aromatic N) is 1. The molecule has 5 nitrogen and oxygen atoms in total. The lowest BCUT2D eigenvalue weighted by Gasteiger charge is -2.21. The van der Waals surface area contributed by atoms with Crippen molar-refractivity contribution in [2.45, 2.75) is 32.8 Å². The molecule has 0 radical (unpaired) electrons. The van der Waals surface area contributed by atoms with E-state index in [9.17, 15) is 9.59 Å². The summed E-state index contributed by atoms with van der Waals surface area (Å²) in [6, 6.07) is 0. The summed E-state index contributed by atoms with van der Waals surface area (Å²) < 4.78 is 5.08. The Morgan fingerprint density at radius 2 is 2.11 bits per heavy atom. The quantitative estimate of drug-likeness (QED) is 0.451. The van der Waals surface area contributed by atoms with Crippen molar-refractivity contribution in [1.82, 2.24) is 10.2 Å². The molecule has 0 aliphatic rings. The third kappa shape index (κ3) is 8.72. The van der Waals surface area contributed by atoms with Crippen molar-refractivity contribution in [3.63, 3.8) is 0 Å². The van der Waals surface area contributed by atoms with E-state index >= 15 is 0 Å². The highest BCUT2D eigenvalue weighted by molar-refractivity contribution is 5.87. The molecule has 0 unspecified atom stereocenters. The van der Waals surface area contributed by atoms with Crippen LogP contribution in [0.2, 0.25) is 0 Å². The summed E-state index contributed by atoms with van der Waals surface area (Å²) in [6.07, 6.45) is 6.53. The van der Waals surface area contributed by atoms with Gasteiger partial charge in [-0.1, -0.05) is 12.5 Å². The monoisotopic (exact) mass is 266 g/mol. The van der Waals surface area contributed by atoms with Crippen LogP contribution in [0, 0.1) is 12.3 Å². The van der Waals surface area contributed by atoms with E-state index in [-0.39, 0.29) is 12.5 Å². The van der Waals surface area contributed by atoms with Crippen molar-refractivity contribution >= 4 is 12.0 Å². The van der Waals surface area contributed by atoms with Crippen LogP contribution in [0.4, 0.5) is 4.79 Å². The maximum Gasteiger partial charge on any atom is 0.407 e. The van der Waals surface area contributed by atoms with Crippen LogP contribution in [-0.2, 0) is 9.53 Å². The van der Waals surface area contributed by atoms with E-state index in [0.29, 0.717) is 19.5 Å². The first-order valence-corrected chi connectivity index (χ1v) is 6.12. The normalized spacial score (nSPS) is 10.2. The third-order valence-corrected chi connectivity index (χ3v) is 2.04. The molecule has 0 rings (SSSR count). The standard InChI is InChI=1S/C14H22N2O3/c1-6-10-16(12(17)7-2)11-8-9-15-13(18)19-14(3,4)5/h1,7H,2,8-11H2,3-5H3,(H,15,18). The van der Waals surface area contributed by atoms with E-state index in [4.69, 9.17) is 11.2 Å². The van der Waals surface area contributed by atoms with Crippen molar-refractivity contribution < 1.29 is 14.3 Å². The Balaban J connectivity index is 3.95. The van der Waals surface area contributed by atoms with Gasteiger partial charge in [0.15, 0.2) is 0 Å². The number of amides is 2. The van der Waals surface area contributed by atoms with E-state index < -0.39 is 11.7 Å². The minimum Gasteiger partial charge on any atom is -0.444 e. The van der Waals surface area contributed by atoms with Gasteiger partial charge in [0.2, 0.25) is 5.91 Å². The predicted molar refractivity (Wildman–Crippen MR) is 74.5 cm³/mol. The Hall–Kier alpha value is -1.96. The second-order valence-corrected chi connectivity index (χ2v) is 4.95. The number of terminal acetylenes is 1. The average molecular weight is 266 g/mol. The Morgan fingerprint density at radius 3 is 2.58 bits per heavy atom. The minimum absolute atomic E-state index is 0.213. The molecular formula is C14H22N2O3. The number of alkyl carbamates (subject to hydrolysis) is 1. The fraction of sp³-hybridized carbons (Fsp3) is 0.571. The van der Waals surface area contributed by atoms with Crippen molar-refractivity contribution in [3.8, 4) is 12.3 Å². The first-order chi connectivity index (χ1) is 8.80. The molecular weight excluding hydrogens is 244 g/mol. The molecule has 0 spiro atoms. The molecule has 0 aliphatic carbocycles. The SMILES string of the molecule is C#CCN(CCCNC(=O)OC(C)(C)C)C(=O)C=C. The second kappa shape index (κ2) is 8.20. The lowest BCUT2D eigenvalue weighted by Crippen LogP contribution is -2.36. The molecule has 0 aromatic heterocycles. The van der Waals surface area contributed by atoms with E-state index in [0.717, 1.165) is 0 Å². The van der Waals surface area contributed by atoms with E-state index in [1.54, 1.807) is 20.8 Å². The van der Waals surface area contributed by atoms with Gasteiger partial charge in [-0.15, -0.1) is 6.42 Å². The van der Waals surface area contributed by atoms with Gasteiger partial charge in [-0.2, -0.15) is 0 Å². The fourth-order valence-corrected chi connectivity index (χ4v) is 1.28. The molecule has 2 amide bonds. The topological polar surface area (TPSA) is 58.6 Å². The molecule has 0 aromatic carbocycles. The van der Waals surface area contributed by atoms with Gasteiger partial charge >= 0.3 is 6.09 Å². The Morgan fingerprint density at radius 1 is 1.47 bits per heavy atom. The smallest absolute Gasteiger partial charge is 0.407 e. The molecule has 0 atom stereocenters. The molecule has 0 heterocycles. The molecule has 1 N–H and O–H groups in total. The molecule has 0 bridgehead atoms. The maximum atomic E-state index is 11.4. The van der Waals surface area contributed by atoms with E-state index in [1.807, 2.05) is 0 Å². The van der Waals surface area contributed by atoms with Crippen molar-refractivity contribution in [1.29, 1.82) is 0 Å². The lowest BCUT2D eigenvalue weighted by molar-refractivity contribution is -0.125. The Labute approximate surface area is 115 Å². The van der Waals surface area contributed by atoms with E-state index in [1.165, 1.54) is 11.0 Å². The van der Waals surface area contributed by atoms with Crippen LogP contribution in [0.5, 0.6) is 0 Å². The van der Waals surface area contributed by atoms with Gasteiger partial charge in [-0.05, 0) is 33.3 Å². The van der Waals surface area contributed by atoms with Gasteiger partial charge in [0, 0.05) is 13.1 Å². The van der Waals surface area contributed by atoms with Gasteiger partial charge in [0.1, 0.15) is 5.60 Å². The first-order valence-electron chi connectivity index (χ1n) is 6.12. The largest absolute Gasteiger partial charge is 0.444 e. The molecule has 0 aliphatic heterocycles. The summed E-state index contributed by atoms with van der Waals surface area (Å²) in [4.78, 5) is 24.3. The zero-order chi connectivity index (χ0) is 14.9. The number of hydrogen-bond acceptors (Lipinski definition) is 3. The first kappa shape index (κ1) is 17.0. The van der Waals surface area contributed by atoms with Crippen molar-refractivity contribution in [2.75, 3.05) is 19.6 Å². The minimum atomic E-state index is -0.515. The van der Waals surface area contributed by atoms with Gasteiger partial charge in [0.05, 0.1) is 6.54 Å². The average Bonchev–Trinajstić information content (AvgIpc) is 2.30. The number of carbonyl (C=O) groups is 2. The van der Waals surface area contributed by atoms with Gasteiger partial charge in [0.25, 0.3) is 0 Å². The molecule has 0 aromatic rings. The number of rotatable bonds is 6. The van der Waals surface area contributed by atoms with Crippen LogP contribution in [-0.4, -0.2) is 42.1 Å². The second-order valence-electron chi connectivity index (χ2n) is 4.95. The van der Waals surface area contributed by atoms with Crippen LogP contribution >= 0.6 is 0 Å². The lowest BCUT2D eigenvalue weighted by atomic mass is 10.2. The number of ether oxygens (including phenoxy) is 1. The zero-order valence-electron chi connectivity index (χ0n) is 11.9. The predicted octanol–water partition coefficient (Wildman–Crippen LogP) is 1.55.